The van der Waals surface area contributed by atoms with Crippen molar-refractivity contribution in [3.63, 3.8) is 0 Å². The summed E-state index contributed by atoms with van der Waals surface area (Å²) in [5.74, 6) is 0.969. The average molecular weight is 969 g/mol. The highest BCUT2D eigenvalue weighted by Crippen LogP contribution is 2.48. The largest absolute Gasteiger partial charge is 0.453 e. The number of benzene rings is 3. The second-order valence-corrected chi connectivity index (χ2v) is 19.8. The number of morpholine rings is 1. The number of alkyl carbamates (subject to hydrolysis) is 2. The minimum Gasteiger partial charge on any atom is -0.453 e. The van der Waals surface area contributed by atoms with Crippen molar-refractivity contribution in [3.05, 3.63) is 108 Å². The molecule has 9 rings (SSSR count). The van der Waals surface area contributed by atoms with Crippen molar-refractivity contribution in [2.75, 3.05) is 63.4 Å². The third kappa shape index (κ3) is 10.5. The smallest absolute Gasteiger partial charge is 0.407 e. The number of nitrogens with zero attached hydrogens (tertiary/aromatic N) is 6. The summed E-state index contributed by atoms with van der Waals surface area (Å²) in [6.45, 7) is 12.0. The molecule has 0 radical (unpaired) electrons. The number of imidazole rings is 2. The van der Waals surface area contributed by atoms with Crippen molar-refractivity contribution in [3.8, 4) is 22.5 Å². The molecule has 6 heterocycles. The number of aromatic nitrogens is 4. The van der Waals surface area contributed by atoms with Gasteiger partial charge >= 0.3 is 12.2 Å². The lowest BCUT2D eigenvalue weighted by Crippen LogP contribution is -2.51. The van der Waals surface area contributed by atoms with E-state index in [1.807, 2.05) is 49.9 Å². The number of H-pyrrole nitrogens is 2. The van der Waals surface area contributed by atoms with Crippen LogP contribution in [-0.2, 0) is 23.8 Å². The molecule has 5 aromatic rings. The van der Waals surface area contributed by atoms with E-state index in [1.54, 1.807) is 0 Å². The number of rotatable bonds is 14. The van der Waals surface area contributed by atoms with E-state index < -0.39 is 24.3 Å². The van der Waals surface area contributed by atoms with Crippen molar-refractivity contribution >= 4 is 35.4 Å². The molecule has 0 unspecified atom stereocenters. The van der Waals surface area contributed by atoms with E-state index in [-0.39, 0.29) is 47.8 Å². The van der Waals surface area contributed by atoms with Gasteiger partial charge in [-0.3, -0.25) is 9.59 Å². The van der Waals surface area contributed by atoms with E-state index in [0.29, 0.717) is 13.1 Å². The fraction of sp³-hybridized carbons (Fsp3) is 0.481. The van der Waals surface area contributed by atoms with Gasteiger partial charge in [-0.25, -0.2) is 19.6 Å². The Morgan fingerprint density at radius 1 is 0.577 bits per heavy atom. The lowest BCUT2D eigenvalue weighted by Gasteiger charge is -2.34. The zero-order valence-electron chi connectivity index (χ0n) is 41.7. The molecule has 4 aliphatic heterocycles. The van der Waals surface area contributed by atoms with E-state index in [0.717, 1.165) is 105 Å². The van der Waals surface area contributed by atoms with E-state index in [1.165, 1.54) is 31.0 Å². The minimum atomic E-state index is -0.698. The molecule has 17 heteroatoms. The van der Waals surface area contributed by atoms with Crippen LogP contribution in [0.1, 0.15) is 113 Å². The molecule has 4 saturated heterocycles. The zero-order chi connectivity index (χ0) is 49.8. The standard InChI is InChI=1S/C54H68N10O7/c1-33(2)47(59-53(67)69-5)51(65)62-25-7-9-45(62)49-55-31-41(57-49)35-11-15-37(16-12-35)43-23-24-44(64(43)40-21-19-39(20-22-40)61-27-29-71-30-28-61)38-17-13-36(14-18-38)42-32-56-50(58-42)46-10-8-26-63(46)52(66)48(34(3)4)60-54(68)70-6/h11-22,31-34,43-48H,7-10,23-30H2,1-6H3,(H,55,57)(H,56,58)(H,59,67)(H,60,68)/t43-,44-,45+,46+,47+,48+/m1/s1. The molecule has 3 aromatic carbocycles. The number of likely N-dealkylation sites (tertiary alicyclic amines) is 2. The number of hydrogen-bond donors (Lipinski definition) is 4. The molecule has 0 spiro atoms. The SMILES string of the molecule is COC(=O)N[C@H](C(=O)N1CCC[C@H]1c1ncc(-c2ccc([C@H]3CC[C@H](c4ccc(-c5cnc([C@@H]6CCCN6C(=O)[C@@H](NC(=O)OC)C(C)C)[nH]5)cc4)N3c3ccc(N4CCOCC4)cc3)cc2)[nH]1)C(C)C. The quantitative estimate of drug-likeness (QED) is 0.0835. The van der Waals surface area contributed by atoms with Crippen LogP contribution in [0.3, 0.4) is 0 Å². The number of amides is 4. The molecule has 6 atom stereocenters. The van der Waals surface area contributed by atoms with Crippen molar-refractivity contribution in [2.45, 2.75) is 102 Å². The van der Waals surface area contributed by atoms with Gasteiger partial charge in [-0.2, -0.15) is 0 Å². The van der Waals surface area contributed by atoms with Gasteiger partial charge in [0.15, 0.2) is 0 Å². The van der Waals surface area contributed by atoms with Crippen molar-refractivity contribution in [1.29, 1.82) is 0 Å². The molecule has 17 nitrogen and oxygen atoms in total. The second kappa shape index (κ2) is 21.6. The number of carbonyl (C=O) groups is 4. The van der Waals surface area contributed by atoms with Crippen LogP contribution in [-0.4, -0.2) is 119 Å². The molecule has 4 fully saturated rings. The normalized spacial score (nSPS) is 21.2. The van der Waals surface area contributed by atoms with E-state index in [9.17, 15) is 19.2 Å². The maximum atomic E-state index is 13.8. The predicted octanol–water partition coefficient (Wildman–Crippen LogP) is 8.47. The molecule has 0 aliphatic carbocycles. The van der Waals surface area contributed by atoms with Crippen molar-refractivity contribution in [1.82, 2.24) is 40.4 Å². The minimum absolute atomic E-state index is 0.115. The van der Waals surface area contributed by atoms with Crippen LogP contribution < -0.4 is 20.4 Å². The van der Waals surface area contributed by atoms with Crippen LogP contribution in [0.15, 0.2) is 85.2 Å². The Bertz CT molecular complexity index is 2480. The summed E-state index contributed by atoms with van der Waals surface area (Å²) < 4.78 is 15.3. The van der Waals surface area contributed by atoms with Gasteiger partial charge < -0.3 is 54.4 Å². The Labute approximate surface area is 416 Å². The lowest BCUT2D eigenvalue weighted by atomic mass is 10.0. The monoisotopic (exact) mass is 969 g/mol. The van der Waals surface area contributed by atoms with Gasteiger partial charge in [-0.1, -0.05) is 76.2 Å². The Hall–Kier alpha value is -6.88. The molecule has 2 aromatic heterocycles. The molecule has 4 amide bonds. The highest BCUT2D eigenvalue weighted by Gasteiger charge is 2.40. The first-order valence-electron chi connectivity index (χ1n) is 25.2. The number of nitrogens with one attached hydrogen (secondary N) is 4. The Morgan fingerprint density at radius 2 is 1.00 bits per heavy atom. The summed E-state index contributed by atoms with van der Waals surface area (Å²) in [7, 11) is 2.60. The highest BCUT2D eigenvalue weighted by molar-refractivity contribution is 5.87. The predicted molar refractivity (Wildman–Crippen MR) is 270 cm³/mol. The fourth-order valence-electron chi connectivity index (χ4n) is 10.9. The Morgan fingerprint density at radius 3 is 1.41 bits per heavy atom. The topological polar surface area (TPSA) is 190 Å². The molecular formula is C54H68N10O7. The zero-order valence-corrected chi connectivity index (χ0v) is 41.7. The maximum absolute atomic E-state index is 13.8. The summed E-state index contributed by atoms with van der Waals surface area (Å²) in [6.07, 6.45) is 7.63. The summed E-state index contributed by atoms with van der Waals surface area (Å²) in [6, 6.07) is 24.9. The fourth-order valence-corrected chi connectivity index (χ4v) is 10.9. The average Bonchev–Trinajstić information content (AvgIpc) is 4.27. The Balaban J connectivity index is 0.931. The number of aromatic amines is 2. The van der Waals surface area contributed by atoms with Gasteiger partial charge in [0.25, 0.3) is 0 Å². The van der Waals surface area contributed by atoms with Crippen LogP contribution >= 0.6 is 0 Å². The van der Waals surface area contributed by atoms with Crippen LogP contribution in [0.4, 0.5) is 21.0 Å². The summed E-state index contributed by atoms with van der Waals surface area (Å²) in [5, 5.41) is 5.46. The maximum Gasteiger partial charge on any atom is 0.407 e. The van der Waals surface area contributed by atoms with Crippen LogP contribution in [0.5, 0.6) is 0 Å². The second-order valence-electron chi connectivity index (χ2n) is 19.8. The van der Waals surface area contributed by atoms with Gasteiger partial charge in [0, 0.05) is 37.6 Å². The highest BCUT2D eigenvalue weighted by atomic mass is 16.5. The first-order chi connectivity index (χ1) is 34.4. The van der Waals surface area contributed by atoms with Crippen LogP contribution in [0.25, 0.3) is 22.5 Å². The third-order valence-corrected chi connectivity index (χ3v) is 14.8. The molecular weight excluding hydrogens is 901 g/mol. The van der Waals surface area contributed by atoms with Crippen molar-refractivity contribution < 1.29 is 33.4 Å². The van der Waals surface area contributed by atoms with E-state index in [2.05, 4.69) is 103 Å². The molecule has 0 bridgehead atoms. The van der Waals surface area contributed by atoms with Gasteiger partial charge in [-0.05, 0) is 96.9 Å². The molecule has 71 heavy (non-hydrogen) atoms. The summed E-state index contributed by atoms with van der Waals surface area (Å²) >= 11 is 0. The van der Waals surface area contributed by atoms with Crippen molar-refractivity contribution in [2.24, 2.45) is 11.8 Å². The molecule has 376 valence electrons. The molecule has 4 aliphatic rings. The van der Waals surface area contributed by atoms with Gasteiger partial charge in [0.05, 0.1) is 75.4 Å². The Kier molecular flexibility index (Phi) is 15.0. The summed E-state index contributed by atoms with van der Waals surface area (Å²) in [4.78, 5) is 77.0. The third-order valence-electron chi connectivity index (χ3n) is 14.8. The number of ether oxygens (including phenoxy) is 3. The first-order valence-corrected chi connectivity index (χ1v) is 25.2. The van der Waals surface area contributed by atoms with Gasteiger partial charge in [-0.15, -0.1) is 0 Å². The number of anilines is 2. The molecule has 4 N–H and O–H groups in total. The lowest BCUT2D eigenvalue weighted by molar-refractivity contribution is -0.136. The number of hydrogen-bond acceptors (Lipinski definition) is 11. The van der Waals surface area contributed by atoms with Gasteiger partial charge in [0.1, 0.15) is 23.7 Å². The van der Waals surface area contributed by atoms with Crippen LogP contribution in [0, 0.1) is 11.8 Å². The number of carbonyl (C=O) groups excluding carboxylic acids is 4. The first kappa shape index (κ1) is 49.1. The van der Waals surface area contributed by atoms with E-state index in [4.69, 9.17) is 24.2 Å². The molecule has 0 saturated carbocycles. The number of methoxy groups -OCH3 is 2. The van der Waals surface area contributed by atoms with Gasteiger partial charge in [0.2, 0.25) is 11.8 Å². The van der Waals surface area contributed by atoms with Crippen LogP contribution in [0.2, 0.25) is 0 Å². The summed E-state index contributed by atoms with van der Waals surface area (Å²) in [5.41, 5.74) is 8.57. The van der Waals surface area contributed by atoms with E-state index >= 15 is 0 Å².